The number of nitrogens with zero attached hydrogens (tertiary/aromatic N) is 5. The van der Waals surface area contributed by atoms with E-state index < -0.39 is 0 Å². The molecule has 4 aromatic rings. The molecule has 0 spiro atoms. The van der Waals surface area contributed by atoms with E-state index in [1.54, 1.807) is 11.3 Å². The topological polar surface area (TPSA) is 80.7 Å². The quantitative estimate of drug-likeness (QED) is 0.389. The predicted octanol–water partition coefficient (Wildman–Crippen LogP) is 3.92. The molecule has 1 saturated heterocycles. The SMILES string of the molecule is O=C(CSc1nc2ccccc2s1)N1CCN(c2ccc(-c3ccc4c(c3)OCO4)nn2)CC1. The van der Waals surface area contributed by atoms with Crippen LogP contribution in [0.25, 0.3) is 21.5 Å². The van der Waals surface area contributed by atoms with Crippen LogP contribution >= 0.6 is 23.1 Å². The van der Waals surface area contributed by atoms with E-state index in [2.05, 4.69) is 26.1 Å². The van der Waals surface area contributed by atoms with Gasteiger partial charge in [0.1, 0.15) is 0 Å². The van der Waals surface area contributed by atoms with Gasteiger partial charge in [-0.1, -0.05) is 23.9 Å². The molecule has 1 fully saturated rings. The van der Waals surface area contributed by atoms with E-state index in [4.69, 9.17) is 9.47 Å². The lowest BCUT2D eigenvalue weighted by Crippen LogP contribution is -2.49. The van der Waals surface area contributed by atoms with Gasteiger partial charge in [-0.2, -0.15) is 0 Å². The number of thiazole rings is 1. The zero-order valence-electron chi connectivity index (χ0n) is 18.2. The highest BCUT2D eigenvalue weighted by molar-refractivity contribution is 8.01. The molecule has 2 aliphatic heterocycles. The van der Waals surface area contributed by atoms with Gasteiger partial charge in [0, 0.05) is 31.7 Å². The number of amides is 1. The number of ether oxygens (including phenoxy) is 2. The normalized spacial score (nSPS) is 15.2. The monoisotopic (exact) mass is 491 g/mol. The second-order valence-electron chi connectivity index (χ2n) is 7.95. The maximum atomic E-state index is 12.7. The largest absolute Gasteiger partial charge is 0.454 e. The Morgan fingerprint density at radius 3 is 2.65 bits per heavy atom. The smallest absolute Gasteiger partial charge is 0.233 e. The first-order chi connectivity index (χ1) is 16.7. The summed E-state index contributed by atoms with van der Waals surface area (Å²) in [5, 5.41) is 8.84. The van der Waals surface area contributed by atoms with Gasteiger partial charge in [0.2, 0.25) is 12.7 Å². The van der Waals surface area contributed by atoms with Crippen molar-refractivity contribution >= 4 is 45.0 Å². The van der Waals surface area contributed by atoms with Crippen LogP contribution in [0.1, 0.15) is 0 Å². The highest BCUT2D eigenvalue weighted by Gasteiger charge is 2.23. The third-order valence-electron chi connectivity index (χ3n) is 5.87. The molecule has 6 rings (SSSR count). The Balaban J connectivity index is 1.03. The summed E-state index contributed by atoms with van der Waals surface area (Å²) in [5.74, 6) is 2.85. The van der Waals surface area contributed by atoms with Gasteiger partial charge in [0.15, 0.2) is 21.7 Å². The van der Waals surface area contributed by atoms with E-state index in [0.717, 1.165) is 56.2 Å². The molecule has 2 aromatic heterocycles. The van der Waals surface area contributed by atoms with Crippen molar-refractivity contribution in [3.8, 4) is 22.8 Å². The molecule has 0 aliphatic carbocycles. The minimum atomic E-state index is 0.146. The van der Waals surface area contributed by atoms with Gasteiger partial charge >= 0.3 is 0 Å². The van der Waals surface area contributed by atoms with Crippen molar-refractivity contribution in [1.82, 2.24) is 20.1 Å². The number of hydrogen-bond acceptors (Lipinski definition) is 9. The van der Waals surface area contributed by atoms with Crippen LogP contribution in [0, 0.1) is 0 Å². The second kappa shape index (κ2) is 9.11. The molecule has 8 nitrogen and oxygen atoms in total. The van der Waals surface area contributed by atoms with Gasteiger partial charge in [-0.25, -0.2) is 4.98 Å². The number of para-hydroxylation sites is 1. The van der Waals surface area contributed by atoms with Gasteiger partial charge in [0.05, 0.1) is 21.7 Å². The first-order valence-electron chi connectivity index (χ1n) is 11.0. The van der Waals surface area contributed by atoms with Gasteiger partial charge in [0.25, 0.3) is 0 Å². The predicted molar refractivity (Wildman–Crippen MR) is 133 cm³/mol. The molecular formula is C24H21N5O3S2. The van der Waals surface area contributed by atoms with Crippen molar-refractivity contribution < 1.29 is 14.3 Å². The van der Waals surface area contributed by atoms with Gasteiger partial charge in [-0.3, -0.25) is 4.79 Å². The highest BCUT2D eigenvalue weighted by Crippen LogP contribution is 2.35. The molecule has 4 heterocycles. The maximum Gasteiger partial charge on any atom is 0.233 e. The minimum absolute atomic E-state index is 0.146. The first-order valence-corrected chi connectivity index (χ1v) is 12.8. The first kappa shape index (κ1) is 21.2. The van der Waals surface area contributed by atoms with Crippen LogP contribution in [-0.2, 0) is 4.79 Å². The fourth-order valence-electron chi connectivity index (χ4n) is 4.02. The molecule has 2 aromatic carbocycles. The van der Waals surface area contributed by atoms with E-state index >= 15 is 0 Å². The zero-order valence-corrected chi connectivity index (χ0v) is 19.8. The molecule has 10 heteroatoms. The number of benzene rings is 2. The third kappa shape index (κ3) is 4.26. The fraction of sp³-hybridized carbons (Fsp3) is 0.250. The molecule has 0 saturated carbocycles. The van der Waals surface area contributed by atoms with Crippen LogP contribution in [-0.4, -0.2) is 64.7 Å². The molecule has 2 aliphatic rings. The molecule has 1 amide bonds. The summed E-state index contributed by atoms with van der Waals surface area (Å²) in [6.07, 6.45) is 0. The summed E-state index contributed by atoms with van der Waals surface area (Å²) in [7, 11) is 0. The number of rotatable bonds is 5. The molecule has 0 bridgehead atoms. The van der Waals surface area contributed by atoms with E-state index in [0.29, 0.717) is 18.8 Å². The number of fused-ring (bicyclic) bond motifs is 2. The molecule has 172 valence electrons. The Hall–Kier alpha value is -3.37. The molecular weight excluding hydrogens is 470 g/mol. The maximum absolute atomic E-state index is 12.7. The average molecular weight is 492 g/mol. The molecule has 0 atom stereocenters. The van der Waals surface area contributed by atoms with Gasteiger partial charge in [-0.05, 0) is 42.5 Å². The van der Waals surface area contributed by atoms with Gasteiger partial charge in [-0.15, -0.1) is 21.5 Å². The summed E-state index contributed by atoms with van der Waals surface area (Å²) >= 11 is 3.15. The Kier molecular flexibility index (Phi) is 5.68. The number of piperazine rings is 1. The Labute approximate surface area is 204 Å². The number of carbonyl (C=O) groups is 1. The van der Waals surface area contributed by atoms with Crippen molar-refractivity contribution in [2.75, 3.05) is 43.6 Å². The van der Waals surface area contributed by atoms with E-state index in [1.807, 2.05) is 53.4 Å². The molecule has 34 heavy (non-hydrogen) atoms. The van der Waals surface area contributed by atoms with Crippen LogP contribution in [0.15, 0.2) is 58.9 Å². The van der Waals surface area contributed by atoms with Crippen LogP contribution in [0.3, 0.4) is 0 Å². The van der Waals surface area contributed by atoms with Crippen molar-refractivity contribution in [3.63, 3.8) is 0 Å². The Morgan fingerprint density at radius 2 is 1.82 bits per heavy atom. The summed E-state index contributed by atoms with van der Waals surface area (Å²) in [6, 6.07) is 17.8. The lowest BCUT2D eigenvalue weighted by molar-refractivity contribution is -0.128. The van der Waals surface area contributed by atoms with Crippen molar-refractivity contribution in [2.45, 2.75) is 4.34 Å². The standard InChI is InChI=1S/C24H21N5O3S2/c30-23(14-33-24-25-18-3-1-2-4-21(18)34-24)29-11-9-28(10-12-29)22-8-6-17(26-27-22)16-5-7-19-20(13-16)32-15-31-19/h1-8,13H,9-12,14-15H2. The van der Waals surface area contributed by atoms with Crippen LogP contribution in [0.2, 0.25) is 0 Å². The molecule has 0 N–H and O–H groups in total. The lowest BCUT2D eigenvalue weighted by Gasteiger charge is -2.35. The number of aromatic nitrogens is 3. The van der Waals surface area contributed by atoms with Crippen LogP contribution in [0.4, 0.5) is 5.82 Å². The number of carbonyl (C=O) groups excluding carboxylic acids is 1. The van der Waals surface area contributed by atoms with Crippen molar-refractivity contribution in [2.24, 2.45) is 0 Å². The second-order valence-corrected chi connectivity index (χ2v) is 10.2. The average Bonchev–Trinajstić information content (AvgIpc) is 3.53. The van der Waals surface area contributed by atoms with Crippen LogP contribution < -0.4 is 14.4 Å². The molecule has 0 unspecified atom stereocenters. The Morgan fingerprint density at radius 1 is 0.971 bits per heavy atom. The van der Waals surface area contributed by atoms with E-state index in [-0.39, 0.29) is 12.7 Å². The van der Waals surface area contributed by atoms with Gasteiger partial charge < -0.3 is 19.3 Å². The minimum Gasteiger partial charge on any atom is -0.454 e. The number of thioether (sulfide) groups is 1. The lowest BCUT2D eigenvalue weighted by atomic mass is 10.1. The van der Waals surface area contributed by atoms with Crippen LogP contribution in [0.5, 0.6) is 11.5 Å². The number of hydrogen-bond donors (Lipinski definition) is 0. The third-order valence-corrected chi connectivity index (χ3v) is 8.03. The van der Waals surface area contributed by atoms with Crippen molar-refractivity contribution in [3.05, 3.63) is 54.6 Å². The van der Waals surface area contributed by atoms with Crippen molar-refractivity contribution in [1.29, 1.82) is 0 Å². The van der Waals surface area contributed by atoms with E-state index in [1.165, 1.54) is 11.8 Å². The summed E-state index contributed by atoms with van der Waals surface area (Å²) in [4.78, 5) is 21.4. The summed E-state index contributed by atoms with van der Waals surface area (Å²) in [6.45, 7) is 3.05. The summed E-state index contributed by atoms with van der Waals surface area (Å²) < 4.78 is 12.9. The number of anilines is 1. The zero-order chi connectivity index (χ0) is 22.9. The fourth-order valence-corrected chi connectivity index (χ4v) is 5.99. The summed E-state index contributed by atoms with van der Waals surface area (Å²) in [5.41, 5.74) is 2.70. The Bertz CT molecular complexity index is 1300. The van der Waals surface area contributed by atoms with E-state index in [9.17, 15) is 4.79 Å². The molecule has 0 radical (unpaired) electrons. The highest BCUT2D eigenvalue weighted by atomic mass is 32.2.